The normalized spacial score (nSPS) is 13.7. The highest BCUT2D eigenvalue weighted by molar-refractivity contribution is 7.99. The maximum Gasteiger partial charge on any atom is 0.251 e. The summed E-state index contributed by atoms with van der Waals surface area (Å²) < 4.78 is 1.89. The molecule has 2 aromatic carbocycles. The van der Waals surface area contributed by atoms with Gasteiger partial charge < -0.3 is 19.7 Å². The molecule has 8 nitrogen and oxygen atoms in total. The van der Waals surface area contributed by atoms with Gasteiger partial charge in [-0.3, -0.25) is 9.59 Å². The summed E-state index contributed by atoms with van der Waals surface area (Å²) in [6.45, 7) is 5.50. The number of carbonyl (C=O) groups excluding carboxylic acids is 2. The summed E-state index contributed by atoms with van der Waals surface area (Å²) in [5.74, 6) is 1.14. The molecule has 0 radical (unpaired) electrons. The van der Waals surface area contributed by atoms with Gasteiger partial charge in [0.1, 0.15) is 5.82 Å². The van der Waals surface area contributed by atoms with Gasteiger partial charge in [0.15, 0.2) is 5.16 Å². The second-order valence-corrected chi connectivity index (χ2v) is 9.21. The first-order chi connectivity index (χ1) is 16.5. The van der Waals surface area contributed by atoms with E-state index in [0.717, 1.165) is 37.6 Å². The van der Waals surface area contributed by atoms with Gasteiger partial charge in [0.2, 0.25) is 5.91 Å². The molecule has 3 aromatic rings. The summed E-state index contributed by atoms with van der Waals surface area (Å²) in [5.41, 5.74) is 2.83. The standard InChI is InChI=1S/C25H30N6O2S/c1-19-8-6-7-11-21(19)24(33)26-13-12-22-27-28-25(29(22)2)34-18-23(32)31-16-14-30(15-17-31)20-9-4-3-5-10-20/h3-11H,12-18H2,1-2H3,(H,26,33). The van der Waals surface area contributed by atoms with Crippen LogP contribution in [0.4, 0.5) is 5.69 Å². The molecule has 1 fully saturated rings. The Bertz CT molecular complexity index is 1130. The van der Waals surface area contributed by atoms with E-state index in [9.17, 15) is 9.59 Å². The summed E-state index contributed by atoms with van der Waals surface area (Å²) in [6.07, 6.45) is 0.567. The highest BCUT2D eigenvalue weighted by atomic mass is 32.2. The molecule has 178 valence electrons. The number of para-hydroxylation sites is 1. The van der Waals surface area contributed by atoms with Crippen molar-refractivity contribution in [3.8, 4) is 0 Å². The van der Waals surface area contributed by atoms with Crippen molar-refractivity contribution in [1.29, 1.82) is 0 Å². The number of aryl methyl sites for hydroxylation is 1. The molecule has 0 atom stereocenters. The van der Waals surface area contributed by atoms with Crippen LogP contribution in [0.25, 0.3) is 0 Å². The first-order valence-electron chi connectivity index (χ1n) is 11.5. The fourth-order valence-corrected chi connectivity index (χ4v) is 4.80. The lowest BCUT2D eigenvalue weighted by Crippen LogP contribution is -2.49. The molecule has 1 saturated heterocycles. The molecule has 2 amide bonds. The number of hydrogen-bond acceptors (Lipinski definition) is 6. The number of aromatic nitrogens is 3. The van der Waals surface area contributed by atoms with E-state index < -0.39 is 0 Å². The summed E-state index contributed by atoms with van der Waals surface area (Å²) in [7, 11) is 1.89. The van der Waals surface area contributed by atoms with Crippen molar-refractivity contribution < 1.29 is 9.59 Å². The molecular weight excluding hydrogens is 448 g/mol. The fourth-order valence-electron chi connectivity index (χ4n) is 3.97. The van der Waals surface area contributed by atoms with Crippen LogP contribution in [0.3, 0.4) is 0 Å². The number of hydrogen-bond donors (Lipinski definition) is 1. The molecule has 34 heavy (non-hydrogen) atoms. The molecule has 1 N–H and O–H groups in total. The summed E-state index contributed by atoms with van der Waals surface area (Å²) in [5, 5.41) is 12.1. The van der Waals surface area contributed by atoms with Crippen LogP contribution in [0.2, 0.25) is 0 Å². The van der Waals surface area contributed by atoms with Crippen LogP contribution in [0.5, 0.6) is 0 Å². The number of nitrogens with zero attached hydrogens (tertiary/aromatic N) is 5. The summed E-state index contributed by atoms with van der Waals surface area (Å²) in [6, 6.07) is 17.8. The van der Waals surface area contributed by atoms with Crippen LogP contribution in [0.15, 0.2) is 59.8 Å². The molecule has 1 aliphatic rings. The molecule has 2 heterocycles. The number of amides is 2. The van der Waals surface area contributed by atoms with Crippen molar-refractivity contribution in [2.45, 2.75) is 18.5 Å². The third-order valence-electron chi connectivity index (χ3n) is 6.03. The monoisotopic (exact) mass is 478 g/mol. The Labute approximate surface area is 204 Å². The highest BCUT2D eigenvalue weighted by Crippen LogP contribution is 2.19. The maximum atomic E-state index is 12.7. The highest BCUT2D eigenvalue weighted by Gasteiger charge is 2.22. The second-order valence-electron chi connectivity index (χ2n) is 8.27. The van der Waals surface area contributed by atoms with Gasteiger partial charge in [-0.05, 0) is 30.7 Å². The van der Waals surface area contributed by atoms with Gasteiger partial charge in [0.25, 0.3) is 5.91 Å². The molecule has 0 bridgehead atoms. The zero-order valence-corrected chi connectivity index (χ0v) is 20.4. The number of rotatable bonds is 8. The quantitative estimate of drug-likeness (QED) is 0.501. The van der Waals surface area contributed by atoms with E-state index in [1.807, 2.05) is 65.9 Å². The first-order valence-corrected chi connectivity index (χ1v) is 12.4. The van der Waals surface area contributed by atoms with Gasteiger partial charge >= 0.3 is 0 Å². The van der Waals surface area contributed by atoms with Crippen molar-refractivity contribution >= 4 is 29.3 Å². The van der Waals surface area contributed by atoms with Gasteiger partial charge in [-0.15, -0.1) is 10.2 Å². The lowest BCUT2D eigenvalue weighted by Gasteiger charge is -2.36. The number of carbonyl (C=O) groups is 2. The molecule has 4 rings (SSSR count). The molecule has 0 unspecified atom stereocenters. The lowest BCUT2D eigenvalue weighted by atomic mass is 10.1. The molecule has 0 aliphatic carbocycles. The minimum atomic E-state index is -0.0900. The van der Waals surface area contributed by atoms with Crippen LogP contribution < -0.4 is 10.2 Å². The SMILES string of the molecule is Cc1ccccc1C(=O)NCCc1nnc(SCC(=O)N2CCN(c3ccccc3)CC2)n1C. The predicted molar refractivity (Wildman–Crippen MR) is 134 cm³/mol. The number of nitrogens with one attached hydrogen (secondary N) is 1. The predicted octanol–water partition coefficient (Wildman–Crippen LogP) is 2.54. The fraction of sp³-hybridized carbons (Fsp3) is 0.360. The molecule has 9 heteroatoms. The smallest absolute Gasteiger partial charge is 0.251 e. The average molecular weight is 479 g/mol. The van der Waals surface area contributed by atoms with Gasteiger partial charge in [0.05, 0.1) is 5.75 Å². The van der Waals surface area contributed by atoms with Crippen LogP contribution >= 0.6 is 11.8 Å². The van der Waals surface area contributed by atoms with Crippen LogP contribution in [0.1, 0.15) is 21.7 Å². The number of anilines is 1. The van der Waals surface area contributed by atoms with Crippen LogP contribution in [-0.4, -0.2) is 70.0 Å². The Morgan fingerprint density at radius 3 is 2.41 bits per heavy atom. The summed E-state index contributed by atoms with van der Waals surface area (Å²) in [4.78, 5) is 29.3. The average Bonchev–Trinajstić information content (AvgIpc) is 3.22. The molecule has 1 aromatic heterocycles. The molecule has 1 aliphatic heterocycles. The van der Waals surface area contributed by atoms with Crippen molar-refractivity contribution in [3.05, 3.63) is 71.5 Å². The Balaban J connectivity index is 1.22. The van der Waals surface area contributed by atoms with Gasteiger partial charge in [-0.1, -0.05) is 48.2 Å². The number of thioether (sulfide) groups is 1. The van der Waals surface area contributed by atoms with E-state index >= 15 is 0 Å². The van der Waals surface area contributed by atoms with E-state index in [2.05, 4.69) is 32.5 Å². The van der Waals surface area contributed by atoms with Crippen molar-refractivity contribution in [1.82, 2.24) is 25.0 Å². The number of benzene rings is 2. The van der Waals surface area contributed by atoms with Gasteiger partial charge in [-0.2, -0.15) is 0 Å². The molecule has 0 spiro atoms. The van der Waals surface area contributed by atoms with E-state index in [1.54, 1.807) is 0 Å². The largest absolute Gasteiger partial charge is 0.368 e. The third kappa shape index (κ3) is 5.77. The van der Waals surface area contributed by atoms with Crippen molar-refractivity contribution in [2.75, 3.05) is 43.4 Å². The lowest BCUT2D eigenvalue weighted by molar-refractivity contribution is -0.128. The number of piperazine rings is 1. The van der Waals surface area contributed by atoms with E-state index in [1.165, 1.54) is 17.4 Å². The topological polar surface area (TPSA) is 83.4 Å². The van der Waals surface area contributed by atoms with E-state index in [0.29, 0.717) is 29.4 Å². The Kier molecular flexibility index (Phi) is 7.84. The van der Waals surface area contributed by atoms with Gasteiger partial charge in [-0.25, -0.2) is 0 Å². The maximum absolute atomic E-state index is 12.7. The van der Waals surface area contributed by atoms with E-state index in [-0.39, 0.29) is 11.8 Å². The van der Waals surface area contributed by atoms with E-state index in [4.69, 9.17) is 0 Å². The summed E-state index contributed by atoms with van der Waals surface area (Å²) >= 11 is 1.40. The second kappa shape index (κ2) is 11.2. The van der Waals surface area contributed by atoms with Crippen LogP contribution in [0, 0.1) is 6.92 Å². The minimum Gasteiger partial charge on any atom is -0.368 e. The Hall–Kier alpha value is -3.33. The van der Waals surface area contributed by atoms with Crippen molar-refractivity contribution in [3.63, 3.8) is 0 Å². The Morgan fingerprint density at radius 2 is 1.68 bits per heavy atom. The minimum absolute atomic E-state index is 0.0900. The van der Waals surface area contributed by atoms with Gasteiger partial charge in [0, 0.05) is 57.4 Å². The third-order valence-corrected chi connectivity index (χ3v) is 7.03. The Morgan fingerprint density at radius 1 is 0.971 bits per heavy atom. The van der Waals surface area contributed by atoms with Crippen molar-refractivity contribution in [2.24, 2.45) is 7.05 Å². The zero-order valence-electron chi connectivity index (χ0n) is 19.6. The first kappa shape index (κ1) is 23.8. The van der Waals surface area contributed by atoms with Crippen LogP contribution in [-0.2, 0) is 18.3 Å². The molecular formula is C25H30N6O2S. The molecule has 0 saturated carbocycles. The zero-order chi connectivity index (χ0) is 23.9.